The van der Waals surface area contributed by atoms with Gasteiger partial charge in [-0.1, -0.05) is 36.1 Å². The average molecular weight is 638 g/mol. The zero-order chi connectivity index (χ0) is 32.7. The topological polar surface area (TPSA) is 81.6 Å². The number of aliphatic hydroxyl groups excluding tert-OH is 1. The molecule has 9 heteroatoms. The minimum Gasteiger partial charge on any atom is -0.476 e. The van der Waals surface area contributed by atoms with Crippen LogP contribution < -0.4 is 14.5 Å². The highest BCUT2D eigenvalue weighted by atomic mass is 16.6. The first-order chi connectivity index (χ1) is 22.7. The first-order valence-electron chi connectivity index (χ1n) is 17.2. The molecule has 3 atom stereocenters. The molecule has 5 heterocycles. The molecular weight excluding hydrogens is 590 g/mol. The van der Waals surface area contributed by atoms with Crippen LogP contribution in [0.1, 0.15) is 63.1 Å². The Labute approximate surface area is 278 Å². The number of amides is 1. The van der Waals surface area contributed by atoms with E-state index >= 15 is 0 Å². The van der Waals surface area contributed by atoms with Crippen molar-refractivity contribution in [2.24, 2.45) is 0 Å². The van der Waals surface area contributed by atoms with E-state index in [2.05, 4.69) is 63.9 Å². The van der Waals surface area contributed by atoms with Gasteiger partial charge < -0.3 is 29.3 Å². The number of nitrogens with zero attached hydrogens (tertiary/aromatic N) is 5. The smallest absolute Gasteiger partial charge is 0.410 e. The molecule has 47 heavy (non-hydrogen) atoms. The van der Waals surface area contributed by atoms with E-state index in [1.807, 2.05) is 37.8 Å². The van der Waals surface area contributed by atoms with E-state index in [1.165, 1.54) is 17.5 Å². The summed E-state index contributed by atoms with van der Waals surface area (Å²) in [6, 6.07) is 15.4. The number of likely N-dealkylation sites (tertiary alicyclic amines) is 1. The SMILES string of the molecule is CN1CCC[C@H]1COc1cc2c(c(N3CC4CCC(C3)N4C(=O)OC(C)(C)C)n1)CCN(c1cccc3cccc(C#CCO)c13)C2. The molecule has 1 aromatic heterocycles. The number of anilines is 2. The molecule has 7 rings (SSSR count). The summed E-state index contributed by atoms with van der Waals surface area (Å²) >= 11 is 0. The van der Waals surface area contributed by atoms with E-state index in [9.17, 15) is 9.90 Å². The summed E-state index contributed by atoms with van der Waals surface area (Å²) in [4.78, 5) is 27.6. The molecule has 3 saturated heterocycles. The molecule has 3 aromatic rings. The Morgan fingerprint density at radius 2 is 1.81 bits per heavy atom. The Kier molecular flexibility index (Phi) is 8.67. The van der Waals surface area contributed by atoms with Crippen LogP contribution in [-0.4, -0.2) is 96.2 Å². The van der Waals surface area contributed by atoms with E-state index < -0.39 is 5.60 Å². The molecule has 4 aliphatic rings. The fourth-order valence-electron chi connectivity index (χ4n) is 7.95. The highest BCUT2D eigenvalue weighted by Gasteiger charge is 2.45. The lowest BCUT2D eigenvalue weighted by atomic mass is 9.96. The van der Waals surface area contributed by atoms with Crippen molar-refractivity contribution in [1.29, 1.82) is 0 Å². The Hall–Kier alpha value is -4.00. The number of benzene rings is 2. The molecule has 2 bridgehead atoms. The average Bonchev–Trinajstić information content (AvgIpc) is 3.59. The van der Waals surface area contributed by atoms with Crippen LogP contribution in [0, 0.1) is 11.8 Å². The zero-order valence-corrected chi connectivity index (χ0v) is 28.2. The second-order valence-electron chi connectivity index (χ2n) is 14.5. The van der Waals surface area contributed by atoms with Gasteiger partial charge in [-0.2, -0.15) is 4.98 Å². The summed E-state index contributed by atoms with van der Waals surface area (Å²) in [7, 11) is 2.17. The van der Waals surface area contributed by atoms with Gasteiger partial charge in [0.1, 0.15) is 24.6 Å². The number of fused-ring (bicyclic) bond motifs is 4. The quantitative estimate of drug-likeness (QED) is 0.383. The summed E-state index contributed by atoms with van der Waals surface area (Å²) in [6.07, 6.45) is 4.94. The molecule has 0 spiro atoms. The molecule has 1 amide bonds. The van der Waals surface area contributed by atoms with Crippen molar-refractivity contribution in [2.45, 2.75) is 83.1 Å². The highest BCUT2D eigenvalue weighted by molar-refractivity contribution is 5.99. The Morgan fingerprint density at radius 3 is 2.51 bits per heavy atom. The second-order valence-corrected chi connectivity index (χ2v) is 14.5. The van der Waals surface area contributed by atoms with Gasteiger partial charge in [0, 0.05) is 60.5 Å². The van der Waals surface area contributed by atoms with E-state index in [0.29, 0.717) is 18.5 Å². The molecule has 9 nitrogen and oxygen atoms in total. The molecule has 0 radical (unpaired) electrons. The molecule has 248 valence electrons. The van der Waals surface area contributed by atoms with Crippen molar-refractivity contribution in [1.82, 2.24) is 14.8 Å². The van der Waals surface area contributed by atoms with Gasteiger partial charge in [-0.25, -0.2) is 4.79 Å². The van der Waals surface area contributed by atoms with Crippen LogP contribution in [0.3, 0.4) is 0 Å². The summed E-state index contributed by atoms with van der Waals surface area (Å²) in [6.45, 7) is 10.4. The first kappa shape index (κ1) is 31.6. The predicted molar refractivity (Wildman–Crippen MR) is 185 cm³/mol. The van der Waals surface area contributed by atoms with Gasteiger partial charge in [-0.3, -0.25) is 4.90 Å². The van der Waals surface area contributed by atoms with Crippen LogP contribution >= 0.6 is 0 Å². The van der Waals surface area contributed by atoms with Crippen molar-refractivity contribution in [3.8, 4) is 17.7 Å². The monoisotopic (exact) mass is 637 g/mol. The molecule has 0 saturated carbocycles. The first-order valence-corrected chi connectivity index (χ1v) is 17.2. The minimum absolute atomic E-state index is 0.104. The van der Waals surface area contributed by atoms with E-state index in [4.69, 9.17) is 14.5 Å². The van der Waals surface area contributed by atoms with Crippen LogP contribution in [-0.2, 0) is 17.7 Å². The second kappa shape index (κ2) is 12.9. The Bertz CT molecular complexity index is 1690. The van der Waals surface area contributed by atoms with Crippen molar-refractivity contribution in [3.05, 3.63) is 59.2 Å². The lowest BCUT2D eigenvalue weighted by Gasteiger charge is -2.43. The number of hydrogen-bond donors (Lipinski definition) is 1. The number of aliphatic hydroxyl groups is 1. The number of carbonyl (C=O) groups excluding carboxylic acids is 1. The largest absolute Gasteiger partial charge is 0.476 e. The van der Waals surface area contributed by atoms with Crippen molar-refractivity contribution < 1.29 is 19.4 Å². The molecular formula is C38H47N5O4. The predicted octanol–water partition coefficient (Wildman–Crippen LogP) is 5.20. The maximum absolute atomic E-state index is 13.2. The summed E-state index contributed by atoms with van der Waals surface area (Å²) < 4.78 is 12.3. The van der Waals surface area contributed by atoms with Crippen LogP contribution in [0.5, 0.6) is 5.88 Å². The number of hydrogen-bond acceptors (Lipinski definition) is 8. The van der Waals surface area contributed by atoms with Crippen molar-refractivity contribution >= 4 is 28.4 Å². The van der Waals surface area contributed by atoms with Crippen LogP contribution in [0.4, 0.5) is 16.3 Å². The number of pyridine rings is 1. The minimum atomic E-state index is -0.518. The normalized spacial score (nSPS) is 22.7. The van der Waals surface area contributed by atoms with E-state index in [0.717, 1.165) is 86.2 Å². The van der Waals surface area contributed by atoms with Gasteiger partial charge in [-0.05, 0) is 89.6 Å². The van der Waals surface area contributed by atoms with Crippen LogP contribution in [0.15, 0.2) is 42.5 Å². The molecule has 2 aromatic carbocycles. The summed E-state index contributed by atoms with van der Waals surface area (Å²) in [5.41, 5.74) is 4.06. The van der Waals surface area contributed by atoms with Crippen LogP contribution in [0.2, 0.25) is 0 Å². The third-order valence-electron chi connectivity index (χ3n) is 10.2. The summed E-state index contributed by atoms with van der Waals surface area (Å²) in [5, 5.41) is 11.7. The standard InChI is InChI=1S/C38H47N5O4/c1-38(2,3)47-37(45)43-29-15-16-30(43)24-42(23-29)36-32-17-19-41(22-28(32)21-34(39-36)46-25-31-13-7-18-40(31)4)33-14-6-11-26-9-5-10-27(35(26)33)12-8-20-44/h5-6,9-11,14,21,29-31,44H,7,13,15-20,22-25H2,1-4H3/t29?,30?,31-/m0/s1. The van der Waals surface area contributed by atoms with Gasteiger partial charge >= 0.3 is 6.09 Å². The van der Waals surface area contributed by atoms with Crippen molar-refractivity contribution in [3.63, 3.8) is 0 Å². The van der Waals surface area contributed by atoms with Gasteiger partial charge in [0.25, 0.3) is 0 Å². The number of ether oxygens (including phenoxy) is 2. The van der Waals surface area contributed by atoms with E-state index in [-0.39, 0.29) is 24.8 Å². The van der Waals surface area contributed by atoms with Crippen LogP contribution in [0.25, 0.3) is 10.8 Å². The third kappa shape index (κ3) is 6.46. The highest BCUT2D eigenvalue weighted by Crippen LogP contribution is 2.39. The zero-order valence-electron chi connectivity index (χ0n) is 28.2. The Morgan fingerprint density at radius 1 is 1.04 bits per heavy atom. The molecule has 2 unspecified atom stereocenters. The Balaban J connectivity index is 1.21. The van der Waals surface area contributed by atoms with Gasteiger partial charge in [0.05, 0.1) is 12.1 Å². The third-order valence-corrected chi connectivity index (χ3v) is 10.2. The van der Waals surface area contributed by atoms with Crippen molar-refractivity contribution in [2.75, 3.05) is 56.2 Å². The van der Waals surface area contributed by atoms with Gasteiger partial charge in [0.2, 0.25) is 5.88 Å². The van der Waals surface area contributed by atoms with E-state index in [1.54, 1.807) is 0 Å². The lowest BCUT2D eigenvalue weighted by molar-refractivity contribution is 0.0122. The molecule has 1 N–H and O–H groups in total. The molecule has 0 aliphatic carbocycles. The van der Waals surface area contributed by atoms with Gasteiger partial charge in [0.15, 0.2) is 0 Å². The molecule has 3 fully saturated rings. The lowest BCUT2D eigenvalue weighted by Crippen LogP contribution is -2.57. The number of carbonyl (C=O) groups is 1. The van der Waals surface area contributed by atoms with Gasteiger partial charge in [-0.15, -0.1) is 0 Å². The maximum Gasteiger partial charge on any atom is 0.410 e. The number of piperazine rings is 1. The maximum atomic E-state index is 13.2. The molecule has 4 aliphatic heterocycles. The number of likely N-dealkylation sites (N-methyl/N-ethyl adjacent to an activating group) is 1. The summed E-state index contributed by atoms with van der Waals surface area (Å²) in [5.74, 6) is 7.71. The fourth-order valence-corrected chi connectivity index (χ4v) is 7.95. The number of aromatic nitrogens is 1. The fraction of sp³-hybridized carbons (Fsp3) is 0.526. The number of rotatable bonds is 5.